The van der Waals surface area contributed by atoms with E-state index in [0.29, 0.717) is 11.6 Å². The number of amides is 1. The Morgan fingerprint density at radius 3 is 2.71 bits per heavy atom. The fraction of sp³-hybridized carbons (Fsp3) is 0.444. The lowest BCUT2D eigenvalue weighted by Gasteiger charge is -2.05. The zero-order chi connectivity index (χ0) is 10.6. The predicted octanol–water partition coefficient (Wildman–Crippen LogP) is 0.251. The van der Waals surface area contributed by atoms with E-state index in [0.717, 1.165) is 5.69 Å². The third kappa shape index (κ3) is 3.01. The summed E-state index contributed by atoms with van der Waals surface area (Å²) in [5, 5.41) is 5.43. The molecule has 0 atom stereocenters. The molecule has 0 fully saturated rings. The molecule has 0 aliphatic heterocycles. The van der Waals surface area contributed by atoms with Crippen LogP contribution in [0.1, 0.15) is 11.5 Å². The Morgan fingerprint density at radius 2 is 2.14 bits per heavy atom. The molecule has 1 amide bonds. The molecule has 0 aliphatic rings. The van der Waals surface area contributed by atoms with Crippen LogP contribution in [0.25, 0.3) is 0 Å². The van der Waals surface area contributed by atoms with Gasteiger partial charge in [-0.2, -0.15) is 0 Å². The highest BCUT2D eigenvalue weighted by Crippen LogP contribution is 2.04. The molecule has 0 spiro atoms. The van der Waals surface area contributed by atoms with Gasteiger partial charge in [-0.1, -0.05) is 0 Å². The molecular formula is C9H14N4O. The second kappa shape index (κ2) is 4.55. The standard InChI is InChI=1S/C9H14N4O/c1-6-4-8(13-7(2)12-6)11-5-9(14)10-3/h4H,5H2,1-3H3,(H,10,14)(H,11,12,13). The normalized spacial score (nSPS) is 9.64. The van der Waals surface area contributed by atoms with Crippen LogP contribution in [0.2, 0.25) is 0 Å². The number of nitrogens with zero attached hydrogens (tertiary/aromatic N) is 2. The van der Waals surface area contributed by atoms with Crippen LogP contribution in [0.15, 0.2) is 6.07 Å². The van der Waals surface area contributed by atoms with Crippen molar-refractivity contribution in [1.29, 1.82) is 0 Å². The van der Waals surface area contributed by atoms with E-state index in [4.69, 9.17) is 0 Å². The van der Waals surface area contributed by atoms with Crippen molar-refractivity contribution in [2.45, 2.75) is 13.8 Å². The summed E-state index contributed by atoms with van der Waals surface area (Å²) < 4.78 is 0. The van der Waals surface area contributed by atoms with Gasteiger partial charge in [0.05, 0.1) is 6.54 Å². The van der Waals surface area contributed by atoms with Crippen molar-refractivity contribution in [3.63, 3.8) is 0 Å². The van der Waals surface area contributed by atoms with Gasteiger partial charge < -0.3 is 10.6 Å². The van der Waals surface area contributed by atoms with Crippen LogP contribution >= 0.6 is 0 Å². The fourth-order valence-electron chi connectivity index (χ4n) is 1.07. The van der Waals surface area contributed by atoms with Crippen molar-refractivity contribution in [2.75, 3.05) is 18.9 Å². The van der Waals surface area contributed by atoms with E-state index >= 15 is 0 Å². The van der Waals surface area contributed by atoms with Crippen molar-refractivity contribution in [3.8, 4) is 0 Å². The molecular weight excluding hydrogens is 180 g/mol. The summed E-state index contributed by atoms with van der Waals surface area (Å²) in [7, 11) is 1.60. The molecule has 0 radical (unpaired) electrons. The van der Waals surface area contributed by atoms with Gasteiger partial charge in [0.2, 0.25) is 5.91 Å². The Labute approximate surface area is 83.0 Å². The van der Waals surface area contributed by atoms with Crippen LogP contribution in [0.4, 0.5) is 5.82 Å². The van der Waals surface area contributed by atoms with Gasteiger partial charge in [0, 0.05) is 18.8 Å². The molecule has 5 heteroatoms. The van der Waals surface area contributed by atoms with Crippen LogP contribution in [-0.4, -0.2) is 29.5 Å². The number of hydrogen-bond donors (Lipinski definition) is 2. The van der Waals surface area contributed by atoms with Crippen LogP contribution in [0.5, 0.6) is 0 Å². The van der Waals surface area contributed by atoms with Gasteiger partial charge >= 0.3 is 0 Å². The lowest BCUT2D eigenvalue weighted by Crippen LogP contribution is -2.26. The minimum atomic E-state index is -0.0704. The van der Waals surface area contributed by atoms with Crippen LogP contribution < -0.4 is 10.6 Å². The summed E-state index contributed by atoms with van der Waals surface area (Å²) in [5.74, 6) is 1.31. The molecule has 0 saturated heterocycles. The number of aromatic nitrogens is 2. The summed E-state index contributed by atoms with van der Waals surface area (Å²) in [6, 6.07) is 1.80. The molecule has 1 rings (SSSR count). The zero-order valence-electron chi connectivity index (χ0n) is 8.59. The Morgan fingerprint density at radius 1 is 1.43 bits per heavy atom. The van der Waals surface area contributed by atoms with Gasteiger partial charge in [0.15, 0.2) is 0 Å². The minimum absolute atomic E-state index is 0.0704. The van der Waals surface area contributed by atoms with Crippen molar-refractivity contribution < 1.29 is 4.79 Å². The van der Waals surface area contributed by atoms with E-state index in [1.807, 2.05) is 13.8 Å². The van der Waals surface area contributed by atoms with E-state index in [2.05, 4.69) is 20.6 Å². The summed E-state index contributed by atoms with van der Waals surface area (Å²) in [6.07, 6.45) is 0. The average molecular weight is 194 g/mol. The Balaban J connectivity index is 2.63. The number of likely N-dealkylation sites (N-methyl/N-ethyl adjacent to an activating group) is 1. The first kappa shape index (κ1) is 10.4. The maximum atomic E-state index is 10.9. The maximum Gasteiger partial charge on any atom is 0.239 e. The molecule has 0 aromatic carbocycles. The fourth-order valence-corrected chi connectivity index (χ4v) is 1.07. The summed E-state index contributed by atoms with van der Waals surface area (Å²) in [5.41, 5.74) is 0.886. The highest BCUT2D eigenvalue weighted by atomic mass is 16.1. The molecule has 14 heavy (non-hydrogen) atoms. The smallest absolute Gasteiger partial charge is 0.239 e. The zero-order valence-corrected chi connectivity index (χ0v) is 8.59. The maximum absolute atomic E-state index is 10.9. The van der Waals surface area contributed by atoms with Crippen LogP contribution in [0.3, 0.4) is 0 Å². The van der Waals surface area contributed by atoms with E-state index in [1.165, 1.54) is 0 Å². The monoisotopic (exact) mass is 194 g/mol. The molecule has 1 aromatic heterocycles. The van der Waals surface area contributed by atoms with Crippen molar-refractivity contribution >= 4 is 11.7 Å². The molecule has 1 aromatic rings. The SMILES string of the molecule is CNC(=O)CNc1cc(C)nc(C)n1. The van der Waals surface area contributed by atoms with E-state index in [9.17, 15) is 4.79 Å². The number of hydrogen-bond acceptors (Lipinski definition) is 4. The van der Waals surface area contributed by atoms with Crippen molar-refractivity contribution in [2.24, 2.45) is 0 Å². The first-order chi connectivity index (χ1) is 6.61. The first-order valence-electron chi connectivity index (χ1n) is 4.38. The third-order valence-corrected chi connectivity index (χ3v) is 1.67. The number of carbonyl (C=O) groups is 1. The molecule has 0 unspecified atom stereocenters. The average Bonchev–Trinajstić information content (AvgIpc) is 2.12. The van der Waals surface area contributed by atoms with Crippen LogP contribution in [-0.2, 0) is 4.79 Å². The Hall–Kier alpha value is -1.65. The molecule has 0 bridgehead atoms. The van der Waals surface area contributed by atoms with Gasteiger partial charge in [-0.05, 0) is 13.8 Å². The second-order valence-electron chi connectivity index (χ2n) is 2.97. The summed E-state index contributed by atoms with van der Waals surface area (Å²) in [6.45, 7) is 3.93. The van der Waals surface area contributed by atoms with E-state index < -0.39 is 0 Å². The number of anilines is 1. The summed E-state index contributed by atoms with van der Waals surface area (Å²) >= 11 is 0. The molecule has 76 valence electrons. The largest absolute Gasteiger partial charge is 0.361 e. The highest BCUT2D eigenvalue weighted by molar-refractivity contribution is 5.80. The molecule has 0 saturated carbocycles. The lowest BCUT2D eigenvalue weighted by molar-refractivity contribution is -0.118. The van der Waals surface area contributed by atoms with E-state index in [1.54, 1.807) is 13.1 Å². The molecule has 2 N–H and O–H groups in total. The topological polar surface area (TPSA) is 66.9 Å². The Kier molecular flexibility index (Phi) is 3.39. The number of nitrogens with one attached hydrogen (secondary N) is 2. The van der Waals surface area contributed by atoms with Crippen molar-refractivity contribution in [1.82, 2.24) is 15.3 Å². The summed E-state index contributed by atoms with van der Waals surface area (Å²) in [4.78, 5) is 19.2. The van der Waals surface area contributed by atoms with Gasteiger partial charge in [0.1, 0.15) is 11.6 Å². The molecule has 0 aliphatic carbocycles. The second-order valence-corrected chi connectivity index (χ2v) is 2.97. The van der Waals surface area contributed by atoms with Gasteiger partial charge in [-0.25, -0.2) is 9.97 Å². The van der Waals surface area contributed by atoms with E-state index in [-0.39, 0.29) is 12.5 Å². The third-order valence-electron chi connectivity index (χ3n) is 1.67. The van der Waals surface area contributed by atoms with Crippen LogP contribution in [0, 0.1) is 13.8 Å². The van der Waals surface area contributed by atoms with Gasteiger partial charge in [-0.3, -0.25) is 4.79 Å². The molecule has 1 heterocycles. The number of carbonyl (C=O) groups excluding carboxylic acids is 1. The van der Waals surface area contributed by atoms with Crippen molar-refractivity contribution in [3.05, 3.63) is 17.6 Å². The Bertz CT molecular complexity index is 317. The van der Waals surface area contributed by atoms with Gasteiger partial charge in [-0.15, -0.1) is 0 Å². The first-order valence-corrected chi connectivity index (χ1v) is 4.38. The quantitative estimate of drug-likeness (QED) is 0.724. The highest BCUT2D eigenvalue weighted by Gasteiger charge is 2.00. The lowest BCUT2D eigenvalue weighted by atomic mass is 10.4. The number of aryl methyl sites for hydroxylation is 2. The molecule has 5 nitrogen and oxygen atoms in total. The van der Waals surface area contributed by atoms with Gasteiger partial charge in [0.25, 0.3) is 0 Å². The minimum Gasteiger partial charge on any atom is -0.361 e. The number of rotatable bonds is 3. The predicted molar refractivity (Wildman–Crippen MR) is 54.1 cm³/mol.